The average molecular weight is 394 g/mol. The molecule has 0 saturated carbocycles. The minimum Gasteiger partial charge on any atom is -0.497 e. The van der Waals surface area contributed by atoms with Crippen LogP contribution in [0.25, 0.3) is 0 Å². The van der Waals surface area contributed by atoms with Crippen molar-refractivity contribution >= 4 is 16.0 Å². The normalized spacial score (nSPS) is 11.6. The number of hydrogen-bond acceptors (Lipinski definition) is 5. The summed E-state index contributed by atoms with van der Waals surface area (Å²) in [5.74, 6) is 0.270. The van der Waals surface area contributed by atoms with E-state index in [2.05, 4.69) is 4.98 Å². The number of carbonyl (C=O) groups is 1. The summed E-state index contributed by atoms with van der Waals surface area (Å²) in [5, 5.41) is 0. The maximum Gasteiger partial charge on any atom is 0.355 e. The molecule has 7 nitrogen and oxygen atoms in total. The van der Waals surface area contributed by atoms with E-state index in [-0.39, 0.29) is 19.7 Å². The number of methoxy groups -OCH3 is 1. The van der Waals surface area contributed by atoms with Gasteiger partial charge in [-0.25, -0.2) is 13.2 Å². The molecule has 0 saturated heterocycles. The predicted octanol–water partition coefficient (Wildman–Crippen LogP) is 2.78. The van der Waals surface area contributed by atoms with Crippen LogP contribution in [0.5, 0.6) is 5.75 Å². The van der Waals surface area contributed by atoms with Crippen molar-refractivity contribution in [2.24, 2.45) is 0 Å². The Hall–Kier alpha value is -2.32. The minimum absolute atomic E-state index is 0.165. The van der Waals surface area contributed by atoms with Crippen molar-refractivity contribution in [3.8, 4) is 5.75 Å². The van der Waals surface area contributed by atoms with Crippen LogP contribution in [0.4, 0.5) is 0 Å². The fourth-order valence-electron chi connectivity index (χ4n) is 2.83. The Balaban J connectivity index is 2.30. The van der Waals surface area contributed by atoms with E-state index >= 15 is 0 Å². The van der Waals surface area contributed by atoms with E-state index in [1.54, 1.807) is 33.1 Å². The van der Waals surface area contributed by atoms with Gasteiger partial charge in [0.2, 0.25) is 10.0 Å². The van der Waals surface area contributed by atoms with Gasteiger partial charge in [-0.15, -0.1) is 0 Å². The largest absolute Gasteiger partial charge is 0.497 e. The van der Waals surface area contributed by atoms with Crippen LogP contribution in [0, 0.1) is 13.8 Å². The first-order valence-corrected chi connectivity index (χ1v) is 10.4. The monoisotopic (exact) mass is 394 g/mol. The van der Waals surface area contributed by atoms with Crippen molar-refractivity contribution < 1.29 is 22.7 Å². The highest BCUT2D eigenvalue weighted by atomic mass is 32.2. The molecule has 2 aromatic rings. The van der Waals surface area contributed by atoms with Gasteiger partial charge < -0.3 is 14.5 Å². The van der Waals surface area contributed by atoms with Gasteiger partial charge in [-0.1, -0.05) is 12.1 Å². The molecule has 27 heavy (non-hydrogen) atoms. The van der Waals surface area contributed by atoms with Crippen molar-refractivity contribution in [3.05, 3.63) is 52.3 Å². The van der Waals surface area contributed by atoms with Crippen molar-refractivity contribution in [2.75, 3.05) is 20.0 Å². The lowest BCUT2D eigenvalue weighted by molar-refractivity contribution is 0.0519. The lowest BCUT2D eigenvalue weighted by atomic mass is 10.1. The summed E-state index contributed by atoms with van der Waals surface area (Å²) in [6.07, 6.45) is 1.18. The van der Waals surface area contributed by atoms with E-state index < -0.39 is 16.0 Å². The van der Waals surface area contributed by atoms with Gasteiger partial charge in [-0.3, -0.25) is 0 Å². The SMILES string of the molecule is CCOC(=O)c1[nH]c(C)c(CN(Cc2ccc(OC)cc2)S(C)(=O)=O)c1C. The number of nitrogens with one attached hydrogen (secondary N) is 1. The summed E-state index contributed by atoms with van der Waals surface area (Å²) in [7, 11) is -1.88. The van der Waals surface area contributed by atoms with Gasteiger partial charge in [0, 0.05) is 18.8 Å². The Morgan fingerprint density at radius 3 is 2.30 bits per heavy atom. The van der Waals surface area contributed by atoms with E-state index in [1.807, 2.05) is 19.1 Å². The molecule has 0 amide bonds. The number of carbonyl (C=O) groups excluding carboxylic acids is 1. The maximum absolute atomic E-state index is 12.3. The van der Waals surface area contributed by atoms with Crippen LogP contribution in [0.3, 0.4) is 0 Å². The van der Waals surface area contributed by atoms with E-state index in [1.165, 1.54) is 10.6 Å². The predicted molar refractivity (Wildman–Crippen MR) is 103 cm³/mol. The molecule has 0 fully saturated rings. The van der Waals surface area contributed by atoms with Crippen LogP contribution in [0.15, 0.2) is 24.3 Å². The molecule has 0 bridgehead atoms. The second kappa shape index (κ2) is 8.58. The Morgan fingerprint density at radius 1 is 1.15 bits per heavy atom. The fraction of sp³-hybridized carbons (Fsp3) is 0.421. The molecule has 148 valence electrons. The molecule has 0 radical (unpaired) electrons. The summed E-state index contributed by atoms with van der Waals surface area (Å²) in [6, 6.07) is 7.25. The van der Waals surface area contributed by atoms with E-state index in [0.717, 1.165) is 16.8 Å². The first-order valence-electron chi connectivity index (χ1n) is 8.60. The van der Waals surface area contributed by atoms with E-state index in [0.29, 0.717) is 17.0 Å². The number of benzene rings is 1. The highest BCUT2D eigenvalue weighted by Crippen LogP contribution is 2.23. The second-order valence-electron chi connectivity index (χ2n) is 6.33. The standard InChI is InChI=1S/C19H26N2O5S/c1-6-26-19(22)18-13(2)17(14(3)20-18)12-21(27(5,23)24)11-15-7-9-16(25-4)10-8-15/h7-10,20H,6,11-12H2,1-5H3. The van der Waals surface area contributed by atoms with Gasteiger partial charge in [-0.2, -0.15) is 4.31 Å². The summed E-state index contributed by atoms with van der Waals surface area (Å²) < 4.78 is 36.2. The maximum atomic E-state index is 12.3. The van der Waals surface area contributed by atoms with Crippen LogP contribution < -0.4 is 4.74 Å². The van der Waals surface area contributed by atoms with Crippen LogP contribution in [0.1, 0.15) is 39.8 Å². The molecule has 0 aliphatic heterocycles. The van der Waals surface area contributed by atoms with Crippen molar-refractivity contribution in [2.45, 2.75) is 33.9 Å². The lowest BCUT2D eigenvalue weighted by Crippen LogP contribution is -2.29. The summed E-state index contributed by atoms with van der Waals surface area (Å²) in [6.45, 7) is 6.01. The molecular weight excluding hydrogens is 368 g/mol. The lowest BCUT2D eigenvalue weighted by Gasteiger charge is -2.21. The third-order valence-electron chi connectivity index (χ3n) is 4.39. The zero-order valence-corrected chi connectivity index (χ0v) is 17.1. The van der Waals surface area contributed by atoms with Crippen LogP contribution >= 0.6 is 0 Å². The Labute approximate surface area is 160 Å². The molecular formula is C19H26N2O5S. The zero-order chi connectivity index (χ0) is 20.2. The summed E-state index contributed by atoms with van der Waals surface area (Å²) >= 11 is 0. The Morgan fingerprint density at radius 2 is 1.78 bits per heavy atom. The number of aromatic amines is 1. The van der Waals surface area contributed by atoms with Crippen LogP contribution in [0.2, 0.25) is 0 Å². The molecule has 1 aromatic heterocycles. The third kappa shape index (κ3) is 5.11. The van der Waals surface area contributed by atoms with Crippen molar-refractivity contribution in [1.82, 2.24) is 9.29 Å². The quantitative estimate of drug-likeness (QED) is 0.696. The smallest absolute Gasteiger partial charge is 0.355 e. The van der Waals surface area contributed by atoms with Gasteiger partial charge in [0.15, 0.2) is 0 Å². The molecule has 0 aliphatic rings. The van der Waals surface area contributed by atoms with E-state index in [4.69, 9.17) is 9.47 Å². The molecule has 0 unspecified atom stereocenters. The minimum atomic E-state index is -3.46. The Kier molecular flexibility index (Phi) is 6.67. The number of esters is 1. The van der Waals surface area contributed by atoms with Gasteiger partial charge in [0.05, 0.1) is 20.0 Å². The fourth-order valence-corrected chi connectivity index (χ4v) is 3.58. The number of aryl methyl sites for hydroxylation is 1. The second-order valence-corrected chi connectivity index (χ2v) is 8.31. The number of hydrogen-bond donors (Lipinski definition) is 1. The molecule has 0 atom stereocenters. The van der Waals surface area contributed by atoms with Gasteiger partial charge in [0.1, 0.15) is 11.4 Å². The van der Waals surface area contributed by atoms with Crippen LogP contribution in [-0.4, -0.2) is 43.6 Å². The van der Waals surface area contributed by atoms with Gasteiger partial charge >= 0.3 is 5.97 Å². The molecule has 8 heteroatoms. The molecule has 0 spiro atoms. The van der Waals surface area contributed by atoms with Crippen molar-refractivity contribution in [1.29, 1.82) is 0 Å². The summed E-state index contributed by atoms with van der Waals surface area (Å²) in [5.41, 5.74) is 3.44. The number of rotatable bonds is 8. The highest BCUT2D eigenvalue weighted by Gasteiger charge is 2.24. The van der Waals surface area contributed by atoms with Crippen molar-refractivity contribution in [3.63, 3.8) is 0 Å². The highest BCUT2D eigenvalue weighted by molar-refractivity contribution is 7.88. The molecule has 1 aromatic carbocycles. The molecule has 1 N–H and O–H groups in total. The third-order valence-corrected chi connectivity index (χ3v) is 5.59. The average Bonchev–Trinajstić information content (AvgIpc) is 2.89. The number of ether oxygens (including phenoxy) is 2. The molecule has 0 aliphatic carbocycles. The first kappa shape index (κ1) is 21.0. The first-order chi connectivity index (χ1) is 12.7. The molecule has 2 rings (SSSR count). The number of aromatic nitrogens is 1. The summed E-state index contributed by atoms with van der Waals surface area (Å²) in [4.78, 5) is 15.1. The van der Waals surface area contributed by atoms with Gasteiger partial charge in [-0.05, 0) is 49.6 Å². The Bertz CT molecular complexity index is 901. The topological polar surface area (TPSA) is 88.7 Å². The molecule has 1 heterocycles. The van der Waals surface area contributed by atoms with E-state index in [9.17, 15) is 13.2 Å². The number of nitrogens with zero attached hydrogens (tertiary/aromatic N) is 1. The van der Waals surface area contributed by atoms with Crippen LogP contribution in [-0.2, 0) is 27.8 Å². The number of sulfonamides is 1. The number of H-pyrrole nitrogens is 1. The van der Waals surface area contributed by atoms with Gasteiger partial charge in [0.25, 0.3) is 0 Å². The zero-order valence-electron chi connectivity index (χ0n) is 16.3.